The molecule has 8 heteroatoms. The van der Waals surface area contributed by atoms with Crippen LogP contribution in [0.25, 0.3) is 0 Å². The van der Waals surface area contributed by atoms with Crippen molar-refractivity contribution < 1.29 is 19.1 Å². The van der Waals surface area contributed by atoms with Crippen LogP contribution in [-0.2, 0) is 14.3 Å². The molecule has 28 heavy (non-hydrogen) atoms. The summed E-state index contributed by atoms with van der Waals surface area (Å²) in [5.74, 6) is -0.0691. The van der Waals surface area contributed by atoms with Gasteiger partial charge in [-0.1, -0.05) is 23.5 Å². The van der Waals surface area contributed by atoms with Crippen molar-refractivity contribution in [3.8, 4) is 5.75 Å². The van der Waals surface area contributed by atoms with Crippen molar-refractivity contribution in [1.29, 1.82) is 0 Å². The van der Waals surface area contributed by atoms with Crippen molar-refractivity contribution in [2.24, 2.45) is 29.6 Å². The molecule has 6 rings (SSSR count). The van der Waals surface area contributed by atoms with Crippen molar-refractivity contribution in [2.75, 3.05) is 7.11 Å². The van der Waals surface area contributed by atoms with Gasteiger partial charge < -0.3 is 14.5 Å². The monoisotopic (exact) mass is 415 g/mol. The minimum atomic E-state index is -0.354. The minimum Gasteiger partial charge on any atom is -0.497 e. The average Bonchev–Trinajstić information content (AvgIpc) is 3.41. The molecule has 1 saturated heterocycles. The van der Waals surface area contributed by atoms with Crippen LogP contribution in [0.4, 0.5) is 0 Å². The quantitative estimate of drug-likeness (QED) is 0.600. The summed E-state index contributed by atoms with van der Waals surface area (Å²) in [7, 11) is 1.64. The third-order valence-electron chi connectivity index (χ3n) is 6.93. The Balaban J connectivity index is 1.50. The smallest absolute Gasteiger partial charge is 0.317 e. The molecule has 0 radical (unpaired) electrons. The summed E-state index contributed by atoms with van der Waals surface area (Å²) >= 11 is 2.94. The van der Waals surface area contributed by atoms with Gasteiger partial charge in [-0.05, 0) is 41.9 Å². The topological polar surface area (TPSA) is 85.5 Å². The maximum Gasteiger partial charge on any atom is 0.317 e. The highest BCUT2D eigenvalue weighted by Gasteiger charge is 2.69. The van der Waals surface area contributed by atoms with E-state index in [-0.39, 0.29) is 57.6 Å². The zero-order valence-electron chi connectivity index (χ0n) is 14.9. The van der Waals surface area contributed by atoms with E-state index < -0.39 is 0 Å². The molecule has 3 fully saturated rings. The molecular weight excluding hydrogens is 398 g/mol. The van der Waals surface area contributed by atoms with Crippen molar-refractivity contribution >= 4 is 35.0 Å². The largest absolute Gasteiger partial charge is 0.497 e. The zero-order chi connectivity index (χ0) is 19.2. The molecule has 6 nitrogen and oxygen atoms in total. The lowest BCUT2D eigenvalue weighted by Gasteiger charge is -2.42. The van der Waals surface area contributed by atoms with Crippen LogP contribution in [-0.4, -0.2) is 29.3 Å². The van der Waals surface area contributed by atoms with Gasteiger partial charge in [-0.15, -0.1) is 11.8 Å². The van der Waals surface area contributed by atoms with Crippen molar-refractivity contribution in [2.45, 2.75) is 22.6 Å². The van der Waals surface area contributed by atoms with Crippen LogP contribution in [0.2, 0.25) is 0 Å². The first-order chi connectivity index (χ1) is 13.6. The number of fused-ring (bicyclic) bond motifs is 9. The van der Waals surface area contributed by atoms with Crippen LogP contribution in [0.3, 0.4) is 0 Å². The normalized spacial score (nSPS) is 37.4. The molecule has 2 saturated carbocycles. The minimum absolute atomic E-state index is 0.0376. The van der Waals surface area contributed by atoms with Gasteiger partial charge in [0, 0.05) is 16.0 Å². The Hall–Kier alpha value is -2.06. The molecule has 0 amide bonds. The number of nitrogens with one attached hydrogen (secondary N) is 1. The van der Waals surface area contributed by atoms with Crippen molar-refractivity contribution in [3.05, 3.63) is 44.4 Å². The highest BCUT2D eigenvalue weighted by molar-refractivity contribution is 8.00. The maximum absolute atomic E-state index is 12.4. The maximum atomic E-state index is 12.4. The Bertz CT molecular complexity index is 1060. The Labute approximate surface area is 168 Å². The first-order valence-corrected chi connectivity index (χ1v) is 11.1. The first kappa shape index (κ1) is 16.9. The summed E-state index contributed by atoms with van der Waals surface area (Å²) in [6.45, 7) is 0. The van der Waals surface area contributed by atoms with Gasteiger partial charge in [0.05, 0.1) is 24.0 Å². The molecule has 3 heterocycles. The Morgan fingerprint density at radius 1 is 1.07 bits per heavy atom. The first-order valence-electron chi connectivity index (χ1n) is 9.36. The zero-order valence-corrected chi connectivity index (χ0v) is 16.5. The van der Waals surface area contributed by atoms with Crippen LogP contribution >= 0.6 is 23.1 Å². The molecule has 7 unspecified atom stereocenters. The summed E-state index contributed by atoms with van der Waals surface area (Å²) in [5.41, 5.74) is 1.12. The fourth-order valence-corrected chi connectivity index (χ4v) is 8.89. The Kier molecular flexibility index (Phi) is 3.45. The molecule has 144 valence electrons. The van der Waals surface area contributed by atoms with Gasteiger partial charge in [0.2, 0.25) is 0 Å². The highest BCUT2D eigenvalue weighted by atomic mass is 32.2. The fraction of sp³-hybridized carbons (Fsp3) is 0.450. The number of thioether (sulfide) groups is 1. The van der Waals surface area contributed by atoms with Gasteiger partial charge >= 0.3 is 16.8 Å². The van der Waals surface area contributed by atoms with E-state index in [9.17, 15) is 14.4 Å². The Morgan fingerprint density at radius 2 is 1.79 bits per heavy atom. The van der Waals surface area contributed by atoms with Crippen molar-refractivity contribution in [1.82, 2.24) is 4.98 Å². The van der Waals surface area contributed by atoms with Gasteiger partial charge in [0.1, 0.15) is 5.75 Å². The summed E-state index contributed by atoms with van der Waals surface area (Å²) in [5, 5.41) is 1.12. The number of rotatable bonds is 2. The van der Waals surface area contributed by atoms with Crippen LogP contribution in [0.15, 0.2) is 34.1 Å². The number of hydrogen-bond donors (Lipinski definition) is 1. The molecule has 1 aromatic carbocycles. The number of cyclic esters (lactones) is 2. The lowest BCUT2D eigenvalue weighted by atomic mass is 9.68. The number of aromatic nitrogens is 1. The number of hydrogen-bond acceptors (Lipinski definition) is 7. The summed E-state index contributed by atoms with van der Waals surface area (Å²) in [6, 6.07) is 7.97. The van der Waals surface area contributed by atoms with Gasteiger partial charge in [-0.25, -0.2) is 0 Å². The molecule has 2 bridgehead atoms. The van der Waals surface area contributed by atoms with E-state index in [0.717, 1.165) is 27.6 Å². The number of aromatic amines is 1. The van der Waals surface area contributed by atoms with Crippen LogP contribution in [0.1, 0.15) is 22.8 Å². The number of ether oxygens (including phenoxy) is 2. The number of benzene rings is 1. The van der Waals surface area contributed by atoms with E-state index in [2.05, 4.69) is 4.98 Å². The van der Waals surface area contributed by atoms with E-state index in [1.807, 2.05) is 24.3 Å². The number of carbonyl (C=O) groups is 2. The second kappa shape index (κ2) is 5.73. The van der Waals surface area contributed by atoms with Crippen LogP contribution in [0.5, 0.6) is 5.75 Å². The number of H-pyrrole nitrogens is 1. The lowest BCUT2D eigenvalue weighted by molar-refractivity contribution is -0.154. The second-order valence-electron chi connectivity index (χ2n) is 7.97. The van der Waals surface area contributed by atoms with Gasteiger partial charge in [0.25, 0.3) is 0 Å². The van der Waals surface area contributed by atoms with E-state index in [1.165, 1.54) is 11.3 Å². The molecule has 1 aromatic heterocycles. The van der Waals surface area contributed by atoms with Crippen LogP contribution < -0.4 is 9.61 Å². The molecule has 7 atom stereocenters. The third-order valence-corrected chi connectivity index (χ3v) is 9.52. The standard InChI is InChI=1S/C20H17NO5S2/c1-25-8-4-2-7(3-5-8)11-12-9-6-10(14-13(9)18(22)26-19(14)23)15(12)27-17-16(11)28-20(24)21-17/h2-5,9-15H,6H2,1H3,(H,21,24). The molecule has 2 aliphatic heterocycles. The van der Waals surface area contributed by atoms with E-state index in [0.29, 0.717) is 0 Å². The van der Waals surface area contributed by atoms with E-state index >= 15 is 0 Å². The summed E-state index contributed by atoms with van der Waals surface area (Å²) in [6.07, 6.45) is 0.879. The predicted molar refractivity (Wildman–Crippen MR) is 103 cm³/mol. The third kappa shape index (κ3) is 2.07. The predicted octanol–water partition coefficient (Wildman–Crippen LogP) is 2.63. The molecule has 4 aliphatic rings. The van der Waals surface area contributed by atoms with Gasteiger partial charge in [0.15, 0.2) is 0 Å². The molecule has 2 aromatic rings. The summed E-state index contributed by atoms with van der Waals surface area (Å²) < 4.78 is 10.3. The second-order valence-corrected chi connectivity index (χ2v) is 10.2. The van der Waals surface area contributed by atoms with Gasteiger partial charge in [-0.2, -0.15) is 0 Å². The number of carbonyl (C=O) groups excluding carboxylic acids is 2. The molecule has 1 N–H and O–H groups in total. The molecule has 2 aliphatic carbocycles. The number of esters is 2. The molecular formula is C20H17NO5S2. The van der Waals surface area contributed by atoms with Gasteiger partial charge in [-0.3, -0.25) is 14.4 Å². The number of thiazole rings is 1. The fourth-order valence-electron chi connectivity index (χ4n) is 6.00. The van der Waals surface area contributed by atoms with E-state index in [1.54, 1.807) is 18.9 Å². The Morgan fingerprint density at radius 3 is 2.50 bits per heavy atom. The number of methoxy groups -OCH3 is 1. The van der Waals surface area contributed by atoms with Crippen molar-refractivity contribution in [3.63, 3.8) is 0 Å². The molecule has 0 spiro atoms. The van der Waals surface area contributed by atoms with Crippen LogP contribution in [0, 0.1) is 29.6 Å². The highest BCUT2D eigenvalue weighted by Crippen LogP contribution is 2.68. The lowest BCUT2D eigenvalue weighted by Crippen LogP contribution is -2.42. The summed E-state index contributed by atoms with van der Waals surface area (Å²) in [4.78, 5) is 40.8. The SMILES string of the molecule is COc1ccc(C2c3sc(=O)[nH]c3SC3C4CC(C5C(=O)OC(=O)C45)C23)cc1. The van der Waals surface area contributed by atoms with E-state index in [4.69, 9.17) is 9.47 Å². The average molecular weight is 415 g/mol.